The van der Waals surface area contributed by atoms with Gasteiger partial charge in [0.15, 0.2) is 5.11 Å². The van der Waals surface area contributed by atoms with Crippen molar-refractivity contribution < 1.29 is 9.64 Å². The van der Waals surface area contributed by atoms with Crippen LogP contribution in [0.3, 0.4) is 0 Å². The third-order valence-corrected chi connectivity index (χ3v) is 6.32. The molecule has 0 aromatic carbocycles. The van der Waals surface area contributed by atoms with E-state index in [2.05, 4.69) is 28.1 Å². The fraction of sp³-hybridized carbons (Fsp3) is 0.706. The van der Waals surface area contributed by atoms with Crippen molar-refractivity contribution in [1.82, 2.24) is 10.6 Å². The largest absolute Gasteiger partial charge is 0.383 e. The summed E-state index contributed by atoms with van der Waals surface area (Å²) in [7, 11) is 1.71. The lowest BCUT2D eigenvalue weighted by atomic mass is 9.81. The number of methoxy groups -OCH3 is 1. The van der Waals surface area contributed by atoms with Crippen molar-refractivity contribution in [3.8, 4) is 0 Å². The Morgan fingerprint density at radius 3 is 2.83 bits per heavy atom. The van der Waals surface area contributed by atoms with Gasteiger partial charge in [-0.1, -0.05) is 6.07 Å². The van der Waals surface area contributed by atoms with Crippen molar-refractivity contribution in [2.45, 2.75) is 56.8 Å². The molecule has 2 aliphatic rings. The van der Waals surface area contributed by atoms with E-state index in [0.717, 1.165) is 23.7 Å². The number of piperidine rings is 2. The Morgan fingerprint density at radius 2 is 2.17 bits per heavy atom. The molecule has 0 aliphatic carbocycles. The SMILES string of the molecule is COCCNC(=S)NC1C[C@H]2CCC[C@@H](C1)[NH+]2Cc1cccs1. The molecule has 2 saturated heterocycles. The number of nitrogens with one attached hydrogen (secondary N) is 3. The number of hydrogen-bond acceptors (Lipinski definition) is 3. The summed E-state index contributed by atoms with van der Waals surface area (Å²) < 4.78 is 5.05. The molecule has 4 nitrogen and oxygen atoms in total. The fourth-order valence-corrected chi connectivity index (χ4v) is 5.17. The van der Waals surface area contributed by atoms with Crippen molar-refractivity contribution >= 4 is 28.7 Å². The number of quaternary nitrogens is 1. The topological polar surface area (TPSA) is 37.7 Å². The van der Waals surface area contributed by atoms with E-state index in [1.807, 2.05) is 16.2 Å². The molecule has 2 unspecified atom stereocenters. The molecule has 128 valence electrons. The van der Waals surface area contributed by atoms with Gasteiger partial charge in [0.2, 0.25) is 0 Å². The first-order chi connectivity index (χ1) is 11.3. The molecule has 4 atom stereocenters. The van der Waals surface area contributed by atoms with Crippen LogP contribution in [0.2, 0.25) is 0 Å². The molecule has 6 heteroatoms. The lowest BCUT2D eigenvalue weighted by Gasteiger charge is -2.46. The van der Waals surface area contributed by atoms with Gasteiger partial charge in [-0.3, -0.25) is 0 Å². The molecule has 1 aromatic heterocycles. The van der Waals surface area contributed by atoms with Gasteiger partial charge in [-0.2, -0.15) is 0 Å². The summed E-state index contributed by atoms with van der Waals surface area (Å²) in [6.07, 6.45) is 6.59. The second-order valence-electron chi connectivity index (χ2n) is 6.72. The van der Waals surface area contributed by atoms with E-state index in [1.165, 1.54) is 43.5 Å². The third-order valence-electron chi connectivity index (χ3n) is 5.18. The number of rotatable bonds is 6. The molecule has 0 amide bonds. The zero-order chi connectivity index (χ0) is 16.1. The normalized spacial score (nSPS) is 30.0. The summed E-state index contributed by atoms with van der Waals surface area (Å²) in [5, 5.41) is 9.76. The van der Waals surface area contributed by atoms with Crippen LogP contribution in [0.25, 0.3) is 0 Å². The van der Waals surface area contributed by atoms with Gasteiger partial charge in [-0.05, 0) is 42.9 Å². The highest BCUT2D eigenvalue weighted by Crippen LogP contribution is 2.23. The van der Waals surface area contributed by atoms with Gasteiger partial charge in [0, 0.05) is 32.5 Å². The van der Waals surface area contributed by atoms with E-state index in [-0.39, 0.29) is 0 Å². The Bertz CT molecular complexity index is 480. The van der Waals surface area contributed by atoms with Gasteiger partial charge in [-0.25, -0.2) is 0 Å². The third kappa shape index (κ3) is 4.66. The molecule has 2 bridgehead atoms. The maximum atomic E-state index is 5.42. The van der Waals surface area contributed by atoms with E-state index in [0.29, 0.717) is 12.6 Å². The smallest absolute Gasteiger partial charge is 0.166 e. The first kappa shape index (κ1) is 17.1. The molecule has 2 fully saturated rings. The molecular formula is C17H28N3OS2+. The van der Waals surface area contributed by atoms with Gasteiger partial charge in [0.1, 0.15) is 6.54 Å². The highest BCUT2D eigenvalue weighted by atomic mass is 32.1. The highest BCUT2D eigenvalue weighted by molar-refractivity contribution is 7.80. The van der Waals surface area contributed by atoms with Crippen molar-refractivity contribution in [2.75, 3.05) is 20.3 Å². The van der Waals surface area contributed by atoms with Crippen LogP contribution in [-0.4, -0.2) is 43.5 Å². The number of thiophene rings is 1. The summed E-state index contributed by atoms with van der Waals surface area (Å²) in [6.45, 7) is 2.67. The number of fused-ring (bicyclic) bond motifs is 2. The molecule has 0 saturated carbocycles. The monoisotopic (exact) mass is 354 g/mol. The van der Waals surface area contributed by atoms with Gasteiger partial charge in [0.25, 0.3) is 0 Å². The van der Waals surface area contributed by atoms with Crippen molar-refractivity contribution in [3.05, 3.63) is 22.4 Å². The summed E-state index contributed by atoms with van der Waals surface area (Å²) in [5.41, 5.74) is 0. The molecule has 0 radical (unpaired) electrons. The number of thiocarbonyl (C=S) groups is 1. The molecule has 3 heterocycles. The van der Waals surface area contributed by atoms with E-state index in [4.69, 9.17) is 17.0 Å². The maximum absolute atomic E-state index is 5.42. The van der Waals surface area contributed by atoms with Crippen molar-refractivity contribution in [1.29, 1.82) is 0 Å². The Morgan fingerprint density at radius 1 is 1.39 bits per heavy atom. The second-order valence-corrected chi connectivity index (χ2v) is 8.16. The summed E-state index contributed by atoms with van der Waals surface area (Å²) in [5.74, 6) is 0. The minimum absolute atomic E-state index is 0.528. The predicted octanol–water partition coefficient (Wildman–Crippen LogP) is 1.33. The van der Waals surface area contributed by atoms with E-state index < -0.39 is 0 Å². The first-order valence-electron chi connectivity index (χ1n) is 8.67. The average Bonchev–Trinajstić information content (AvgIpc) is 3.01. The van der Waals surface area contributed by atoms with E-state index in [9.17, 15) is 0 Å². The Kier molecular flexibility index (Phi) is 6.28. The number of ether oxygens (including phenoxy) is 1. The van der Waals surface area contributed by atoms with Crippen LogP contribution >= 0.6 is 23.6 Å². The van der Waals surface area contributed by atoms with Gasteiger partial charge >= 0.3 is 0 Å². The van der Waals surface area contributed by atoms with E-state index in [1.54, 1.807) is 7.11 Å². The van der Waals surface area contributed by atoms with Crippen LogP contribution in [0.4, 0.5) is 0 Å². The number of hydrogen-bond donors (Lipinski definition) is 3. The Labute approximate surface area is 148 Å². The van der Waals surface area contributed by atoms with Crippen LogP contribution < -0.4 is 15.5 Å². The lowest BCUT2D eigenvalue weighted by molar-refractivity contribution is -0.973. The van der Waals surface area contributed by atoms with E-state index >= 15 is 0 Å². The minimum atomic E-state index is 0.528. The van der Waals surface area contributed by atoms with Gasteiger partial charge < -0.3 is 20.3 Å². The molecule has 3 rings (SSSR count). The molecule has 3 N–H and O–H groups in total. The maximum Gasteiger partial charge on any atom is 0.166 e. The minimum Gasteiger partial charge on any atom is -0.383 e. The molecule has 0 spiro atoms. The average molecular weight is 355 g/mol. The van der Waals surface area contributed by atoms with Crippen molar-refractivity contribution in [2.24, 2.45) is 0 Å². The molecule has 2 aliphatic heterocycles. The Balaban J connectivity index is 1.52. The zero-order valence-corrected chi connectivity index (χ0v) is 15.5. The fourth-order valence-electron chi connectivity index (χ4n) is 4.16. The standard InChI is InChI=1S/C17H27N3OS2/c1-21-8-7-18-17(22)19-13-10-14-4-2-5-15(11-13)20(14)12-16-6-3-9-23-16/h3,6,9,13-15H,2,4-5,7-8,10-12H2,1H3,(H2,18,19,22)/p+1/t13?,14-,15+. The Hall–Kier alpha value is -0.690. The molecular weight excluding hydrogens is 326 g/mol. The quantitative estimate of drug-likeness (QED) is 0.532. The zero-order valence-electron chi connectivity index (χ0n) is 13.8. The lowest BCUT2D eigenvalue weighted by Crippen LogP contribution is -3.20. The molecule has 23 heavy (non-hydrogen) atoms. The summed E-state index contributed by atoms with van der Waals surface area (Å²) >= 11 is 7.32. The first-order valence-corrected chi connectivity index (χ1v) is 9.96. The van der Waals surface area contributed by atoms with Crippen LogP contribution in [0.1, 0.15) is 37.0 Å². The van der Waals surface area contributed by atoms with Gasteiger partial charge in [0.05, 0.1) is 23.6 Å². The van der Waals surface area contributed by atoms with Crippen LogP contribution in [0.5, 0.6) is 0 Å². The second kappa shape index (κ2) is 8.42. The summed E-state index contributed by atoms with van der Waals surface area (Å²) in [6, 6.07) is 6.55. The summed E-state index contributed by atoms with van der Waals surface area (Å²) in [4.78, 5) is 3.34. The van der Waals surface area contributed by atoms with Crippen LogP contribution in [-0.2, 0) is 11.3 Å². The molecule has 1 aromatic rings. The van der Waals surface area contributed by atoms with Gasteiger partial charge in [-0.15, -0.1) is 11.3 Å². The van der Waals surface area contributed by atoms with Crippen LogP contribution in [0, 0.1) is 0 Å². The highest BCUT2D eigenvalue weighted by Gasteiger charge is 2.41. The van der Waals surface area contributed by atoms with Crippen molar-refractivity contribution in [3.63, 3.8) is 0 Å². The van der Waals surface area contributed by atoms with Crippen LogP contribution in [0.15, 0.2) is 17.5 Å². The predicted molar refractivity (Wildman–Crippen MR) is 99.0 cm³/mol.